The average molecular weight is 219 g/mol. The minimum Gasteiger partial charge on any atom is -0.497 e. The van der Waals surface area contributed by atoms with E-state index in [2.05, 4.69) is 24.0 Å². The summed E-state index contributed by atoms with van der Waals surface area (Å²) in [7, 11) is 3.69. The van der Waals surface area contributed by atoms with Crippen LogP contribution in [-0.4, -0.2) is 14.2 Å². The predicted octanol–water partition coefficient (Wildman–Crippen LogP) is 3.31. The Morgan fingerprint density at radius 3 is 2.56 bits per heavy atom. The first kappa shape index (κ1) is 12.8. The van der Waals surface area contributed by atoms with Gasteiger partial charge in [0.25, 0.3) is 0 Å². The number of benzene rings is 1. The fourth-order valence-electron chi connectivity index (χ4n) is 1.78. The Bertz CT molecular complexity index is 305. The highest BCUT2D eigenvalue weighted by atomic mass is 16.5. The SMILES string of the molecule is C=CCCCC(NC)c1ccc(OC)cc1. The van der Waals surface area contributed by atoms with Crippen LogP contribution >= 0.6 is 0 Å². The monoisotopic (exact) mass is 219 g/mol. The van der Waals surface area contributed by atoms with Gasteiger partial charge < -0.3 is 10.1 Å². The van der Waals surface area contributed by atoms with Crippen molar-refractivity contribution in [3.8, 4) is 5.75 Å². The van der Waals surface area contributed by atoms with Crippen molar-refractivity contribution in [3.05, 3.63) is 42.5 Å². The first-order valence-electron chi connectivity index (χ1n) is 5.74. The highest BCUT2D eigenvalue weighted by Gasteiger charge is 2.07. The minimum atomic E-state index is 0.422. The van der Waals surface area contributed by atoms with Gasteiger partial charge >= 0.3 is 0 Å². The summed E-state index contributed by atoms with van der Waals surface area (Å²) in [5.74, 6) is 0.907. The van der Waals surface area contributed by atoms with E-state index < -0.39 is 0 Å². The summed E-state index contributed by atoms with van der Waals surface area (Å²) in [6.07, 6.45) is 5.35. The number of rotatable bonds is 7. The van der Waals surface area contributed by atoms with Crippen molar-refractivity contribution in [2.45, 2.75) is 25.3 Å². The first-order valence-corrected chi connectivity index (χ1v) is 5.74. The van der Waals surface area contributed by atoms with Crippen molar-refractivity contribution in [2.24, 2.45) is 0 Å². The van der Waals surface area contributed by atoms with Gasteiger partial charge in [0.1, 0.15) is 5.75 Å². The standard InChI is InChI=1S/C14H21NO/c1-4-5-6-7-14(15-2)12-8-10-13(16-3)11-9-12/h4,8-11,14-15H,1,5-7H2,2-3H3. The minimum absolute atomic E-state index is 0.422. The van der Waals surface area contributed by atoms with Crippen LogP contribution in [0.5, 0.6) is 5.75 Å². The Balaban J connectivity index is 2.59. The zero-order chi connectivity index (χ0) is 11.8. The molecule has 0 amide bonds. The van der Waals surface area contributed by atoms with Gasteiger partial charge in [0.05, 0.1) is 7.11 Å². The summed E-state index contributed by atoms with van der Waals surface area (Å²) in [4.78, 5) is 0. The molecule has 0 saturated carbocycles. The topological polar surface area (TPSA) is 21.3 Å². The first-order chi connectivity index (χ1) is 7.81. The molecule has 1 N–H and O–H groups in total. The van der Waals surface area contributed by atoms with Crippen LogP contribution in [0, 0.1) is 0 Å². The Morgan fingerprint density at radius 1 is 1.38 bits per heavy atom. The number of ether oxygens (including phenoxy) is 1. The maximum Gasteiger partial charge on any atom is 0.118 e. The molecule has 0 aliphatic heterocycles. The molecule has 2 nitrogen and oxygen atoms in total. The molecular weight excluding hydrogens is 198 g/mol. The lowest BCUT2D eigenvalue weighted by molar-refractivity contribution is 0.414. The van der Waals surface area contributed by atoms with Crippen molar-refractivity contribution < 1.29 is 4.74 Å². The van der Waals surface area contributed by atoms with Gasteiger partial charge in [0.2, 0.25) is 0 Å². The van der Waals surface area contributed by atoms with Crippen molar-refractivity contribution in [1.82, 2.24) is 5.32 Å². The highest BCUT2D eigenvalue weighted by molar-refractivity contribution is 5.29. The molecule has 1 aromatic carbocycles. The third kappa shape index (κ3) is 3.70. The molecule has 16 heavy (non-hydrogen) atoms. The van der Waals surface area contributed by atoms with Crippen molar-refractivity contribution in [3.63, 3.8) is 0 Å². The lowest BCUT2D eigenvalue weighted by Gasteiger charge is -2.16. The third-order valence-electron chi connectivity index (χ3n) is 2.77. The molecule has 0 fully saturated rings. The molecule has 0 saturated heterocycles. The van der Waals surface area contributed by atoms with Crippen molar-refractivity contribution in [1.29, 1.82) is 0 Å². The molecule has 0 heterocycles. The maximum absolute atomic E-state index is 5.15. The van der Waals surface area contributed by atoms with E-state index in [1.165, 1.54) is 12.0 Å². The molecule has 0 radical (unpaired) electrons. The van der Waals surface area contributed by atoms with Crippen LogP contribution in [0.15, 0.2) is 36.9 Å². The summed E-state index contributed by atoms with van der Waals surface area (Å²) in [6, 6.07) is 8.67. The number of allylic oxidation sites excluding steroid dienone is 1. The van der Waals surface area contributed by atoms with Gasteiger partial charge in [-0.25, -0.2) is 0 Å². The number of hydrogen-bond donors (Lipinski definition) is 1. The largest absolute Gasteiger partial charge is 0.497 e. The summed E-state index contributed by atoms with van der Waals surface area (Å²) in [5, 5.41) is 3.34. The second kappa shape index (κ2) is 7.07. The molecular formula is C14H21NO. The van der Waals surface area contributed by atoms with E-state index in [0.717, 1.165) is 18.6 Å². The Kier molecular flexibility index (Phi) is 5.65. The molecule has 0 bridgehead atoms. The van der Waals surface area contributed by atoms with Crippen LogP contribution in [0.25, 0.3) is 0 Å². The van der Waals surface area contributed by atoms with Crippen molar-refractivity contribution >= 4 is 0 Å². The molecule has 1 aromatic rings. The lowest BCUT2D eigenvalue weighted by atomic mass is 10.0. The van der Waals surface area contributed by atoms with Gasteiger partial charge in [-0.1, -0.05) is 18.2 Å². The quantitative estimate of drug-likeness (QED) is 0.561. The lowest BCUT2D eigenvalue weighted by Crippen LogP contribution is -2.16. The van der Waals surface area contributed by atoms with Gasteiger partial charge in [-0.15, -0.1) is 6.58 Å². The number of hydrogen-bond acceptors (Lipinski definition) is 2. The van der Waals surface area contributed by atoms with Gasteiger partial charge in [-0.2, -0.15) is 0 Å². The van der Waals surface area contributed by atoms with E-state index in [1.807, 2.05) is 25.3 Å². The number of nitrogens with one attached hydrogen (secondary N) is 1. The smallest absolute Gasteiger partial charge is 0.118 e. The molecule has 2 heteroatoms. The zero-order valence-electron chi connectivity index (χ0n) is 10.2. The van der Waals surface area contributed by atoms with E-state index in [1.54, 1.807) is 7.11 Å². The summed E-state index contributed by atoms with van der Waals surface area (Å²) in [6.45, 7) is 3.74. The molecule has 1 atom stereocenters. The summed E-state index contributed by atoms with van der Waals surface area (Å²) >= 11 is 0. The van der Waals surface area contributed by atoms with E-state index >= 15 is 0 Å². The van der Waals surface area contributed by atoms with E-state index in [-0.39, 0.29) is 0 Å². The van der Waals surface area contributed by atoms with Crippen LogP contribution in [0.2, 0.25) is 0 Å². The van der Waals surface area contributed by atoms with E-state index in [9.17, 15) is 0 Å². The number of unbranched alkanes of at least 4 members (excludes halogenated alkanes) is 1. The van der Waals surface area contributed by atoms with Crippen molar-refractivity contribution in [2.75, 3.05) is 14.2 Å². The molecule has 1 rings (SSSR count). The highest BCUT2D eigenvalue weighted by Crippen LogP contribution is 2.21. The van der Waals surface area contributed by atoms with Crippen LogP contribution in [0.4, 0.5) is 0 Å². The van der Waals surface area contributed by atoms with Gasteiger partial charge in [-0.05, 0) is 44.0 Å². The Labute approximate surface area is 98.3 Å². The van der Waals surface area contributed by atoms with E-state index in [4.69, 9.17) is 4.74 Å². The third-order valence-corrected chi connectivity index (χ3v) is 2.77. The van der Waals surface area contributed by atoms with Gasteiger partial charge in [-0.3, -0.25) is 0 Å². The second-order valence-corrected chi connectivity index (χ2v) is 3.83. The predicted molar refractivity (Wildman–Crippen MR) is 68.8 cm³/mol. The van der Waals surface area contributed by atoms with E-state index in [0.29, 0.717) is 6.04 Å². The van der Waals surface area contributed by atoms with Crippen LogP contribution < -0.4 is 10.1 Å². The fourth-order valence-corrected chi connectivity index (χ4v) is 1.78. The van der Waals surface area contributed by atoms with Crippen LogP contribution in [0.3, 0.4) is 0 Å². The van der Waals surface area contributed by atoms with Gasteiger partial charge in [0.15, 0.2) is 0 Å². The maximum atomic E-state index is 5.15. The Morgan fingerprint density at radius 2 is 2.06 bits per heavy atom. The summed E-state index contributed by atoms with van der Waals surface area (Å²) < 4.78 is 5.15. The molecule has 0 aromatic heterocycles. The zero-order valence-corrected chi connectivity index (χ0v) is 10.2. The molecule has 0 aliphatic rings. The van der Waals surface area contributed by atoms with Gasteiger partial charge in [0, 0.05) is 6.04 Å². The molecule has 0 aliphatic carbocycles. The number of methoxy groups -OCH3 is 1. The Hall–Kier alpha value is -1.28. The average Bonchev–Trinajstić information content (AvgIpc) is 2.35. The fraction of sp³-hybridized carbons (Fsp3) is 0.429. The molecule has 1 unspecified atom stereocenters. The normalized spacial score (nSPS) is 12.1. The molecule has 88 valence electrons. The van der Waals surface area contributed by atoms with Crippen LogP contribution in [-0.2, 0) is 0 Å². The second-order valence-electron chi connectivity index (χ2n) is 3.83. The molecule has 0 spiro atoms. The van der Waals surface area contributed by atoms with Crippen LogP contribution in [0.1, 0.15) is 30.9 Å². The summed E-state index contributed by atoms with van der Waals surface area (Å²) in [5.41, 5.74) is 1.31.